The second kappa shape index (κ2) is 4.76. The van der Waals surface area contributed by atoms with Crippen LogP contribution in [0.4, 0.5) is 0 Å². The first-order chi connectivity index (χ1) is 8.11. The van der Waals surface area contributed by atoms with E-state index in [4.69, 9.17) is 11.6 Å². The van der Waals surface area contributed by atoms with Crippen LogP contribution in [0.25, 0.3) is 0 Å². The lowest BCUT2D eigenvalue weighted by Crippen LogP contribution is -2.15. The summed E-state index contributed by atoms with van der Waals surface area (Å²) in [4.78, 5) is 11.3. The van der Waals surface area contributed by atoms with Gasteiger partial charge in [0.1, 0.15) is 0 Å². The number of carboxylic acid groups (broad SMARTS) is 1. The number of hydrogen-bond acceptors (Lipinski definition) is 1. The van der Waals surface area contributed by atoms with Gasteiger partial charge in [0.25, 0.3) is 0 Å². The van der Waals surface area contributed by atoms with E-state index < -0.39 is 5.97 Å². The van der Waals surface area contributed by atoms with Crippen molar-refractivity contribution in [3.8, 4) is 0 Å². The molecule has 1 N–H and O–H groups in total. The van der Waals surface area contributed by atoms with E-state index in [1.807, 2.05) is 18.2 Å². The van der Waals surface area contributed by atoms with Crippen molar-refractivity contribution in [2.45, 2.75) is 19.3 Å². The van der Waals surface area contributed by atoms with E-state index in [1.54, 1.807) is 19.1 Å². The number of halogens is 1. The molecule has 1 aromatic carbocycles. The molecule has 2 nitrogen and oxygen atoms in total. The zero-order valence-corrected chi connectivity index (χ0v) is 10.2. The molecule has 0 aliphatic heterocycles. The minimum Gasteiger partial charge on any atom is -0.478 e. The average Bonchev–Trinajstić information content (AvgIpc) is 2.28. The zero-order chi connectivity index (χ0) is 12.4. The van der Waals surface area contributed by atoms with Crippen LogP contribution in [0.15, 0.2) is 41.5 Å². The summed E-state index contributed by atoms with van der Waals surface area (Å²) in [7, 11) is 0. The second-order valence-corrected chi connectivity index (χ2v) is 4.44. The van der Waals surface area contributed by atoms with Crippen molar-refractivity contribution < 1.29 is 9.90 Å². The van der Waals surface area contributed by atoms with Crippen LogP contribution < -0.4 is 0 Å². The predicted octanol–water partition coefficient (Wildman–Crippen LogP) is 3.59. The molecule has 1 aliphatic rings. The summed E-state index contributed by atoms with van der Waals surface area (Å²) in [6, 6.07) is 7.36. The summed E-state index contributed by atoms with van der Waals surface area (Å²) in [6.07, 6.45) is 5.38. The number of carbonyl (C=O) groups is 1. The van der Waals surface area contributed by atoms with Crippen LogP contribution in [0, 0.1) is 6.08 Å². The Hall–Kier alpha value is -1.54. The molecule has 0 aromatic heterocycles. The lowest BCUT2D eigenvalue weighted by atomic mass is 9.82. The Kier molecular flexibility index (Phi) is 3.34. The maximum Gasteiger partial charge on any atom is 0.332 e. The third-order valence-electron chi connectivity index (χ3n) is 2.92. The van der Waals surface area contributed by atoms with Gasteiger partial charge in [-0.05, 0) is 36.6 Å². The van der Waals surface area contributed by atoms with Gasteiger partial charge in [-0.25, -0.2) is 4.79 Å². The fourth-order valence-electron chi connectivity index (χ4n) is 2.13. The number of benzene rings is 1. The summed E-state index contributed by atoms with van der Waals surface area (Å²) in [5.74, 6) is -1.09. The average molecular weight is 248 g/mol. The molecule has 2 rings (SSSR count). The van der Waals surface area contributed by atoms with Gasteiger partial charge in [-0.15, -0.1) is 0 Å². The van der Waals surface area contributed by atoms with Crippen molar-refractivity contribution >= 4 is 17.6 Å². The summed E-state index contributed by atoms with van der Waals surface area (Å²) >= 11 is 6.12. The minimum atomic E-state index is -0.884. The Balaban J connectivity index is 2.50. The first-order valence-electron chi connectivity index (χ1n) is 5.36. The van der Waals surface area contributed by atoms with E-state index in [2.05, 4.69) is 6.08 Å². The van der Waals surface area contributed by atoms with Crippen molar-refractivity contribution in [2.24, 2.45) is 0 Å². The van der Waals surface area contributed by atoms with E-state index in [9.17, 15) is 9.90 Å². The lowest BCUT2D eigenvalue weighted by molar-refractivity contribution is -0.133. The molecule has 0 saturated carbocycles. The smallest absolute Gasteiger partial charge is 0.332 e. The standard InChI is InChI=1S/C14H12ClO2/c1-9-5-4-7-11(13(9)14(16)17)10-6-2-3-8-12(10)15/h2-3,5-6,8,11H,7H2,1H3,(H,16,17). The number of carboxylic acids is 1. The van der Waals surface area contributed by atoms with Crippen LogP contribution in [0.1, 0.15) is 24.8 Å². The van der Waals surface area contributed by atoms with Gasteiger partial charge in [0.15, 0.2) is 0 Å². The van der Waals surface area contributed by atoms with Gasteiger partial charge in [0.05, 0.1) is 0 Å². The third-order valence-corrected chi connectivity index (χ3v) is 3.27. The van der Waals surface area contributed by atoms with Gasteiger partial charge in [0.2, 0.25) is 0 Å². The minimum absolute atomic E-state index is 0.203. The fourth-order valence-corrected chi connectivity index (χ4v) is 2.39. The van der Waals surface area contributed by atoms with Gasteiger partial charge in [-0.2, -0.15) is 0 Å². The van der Waals surface area contributed by atoms with E-state index in [0.717, 1.165) is 11.1 Å². The highest BCUT2D eigenvalue weighted by molar-refractivity contribution is 6.31. The van der Waals surface area contributed by atoms with E-state index in [0.29, 0.717) is 17.0 Å². The van der Waals surface area contributed by atoms with Crippen molar-refractivity contribution in [3.63, 3.8) is 0 Å². The second-order valence-electron chi connectivity index (χ2n) is 4.03. The summed E-state index contributed by atoms with van der Waals surface area (Å²) in [5.41, 5.74) is 2.01. The van der Waals surface area contributed by atoms with Crippen molar-refractivity contribution in [2.75, 3.05) is 0 Å². The summed E-state index contributed by atoms with van der Waals surface area (Å²) in [5, 5.41) is 9.89. The van der Waals surface area contributed by atoms with Gasteiger partial charge >= 0.3 is 5.97 Å². The Labute approximate surface area is 105 Å². The number of rotatable bonds is 2. The maximum absolute atomic E-state index is 11.3. The van der Waals surface area contributed by atoms with Crippen LogP contribution in [-0.2, 0) is 4.79 Å². The molecule has 0 fully saturated rings. The number of allylic oxidation sites excluding steroid dienone is 3. The van der Waals surface area contributed by atoms with Crippen LogP contribution >= 0.6 is 11.6 Å². The first kappa shape index (κ1) is 11.9. The molecule has 1 aliphatic carbocycles. The molecule has 1 aromatic rings. The highest BCUT2D eigenvalue weighted by Gasteiger charge is 2.26. The van der Waals surface area contributed by atoms with Crippen molar-refractivity contribution in [1.82, 2.24) is 0 Å². The topological polar surface area (TPSA) is 37.3 Å². The van der Waals surface area contributed by atoms with Gasteiger partial charge < -0.3 is 5.11 Å². The summed E-state index contributed by atoms with van der Waals surface area (Å²) < 4.78 is 0. The molecule has 0 amide bonds. The van der Waals surface area contributed by atoms with Crippen molar-refractivity contribution in [3.05, 3.63) is 58.1 Å². The van der Waals surface area contributed by atoms with E-state index >= 15 is 0 Å². The van der Waals surface area contributed by atoms with E-state index in [1.165, 1.54) is 0 Å². The molecule has 87 valence electrons. The molecule has 1 atom stereocenters. The summed E-state index contributed by atoms with van der Waals surface area (Å²) in [6.45, 7) is 1.79. The van der Waals surface area contributed by atoms with Crippen molar-refractivity contribution in [1.29, 1.82) is 0 Å². The maximum atomic E-state index is 11.3. The SMILES string of the molecule is CC1=C(C(=O)O)C(c2ccccc2Cl)C[C]=C1. The molecule has 0 saturated heterocycles. The normalized spacial score (nSPS) is 19.5. The Morgan fingerprint density at radius 3 is 2.82 bits per heavy atom. The highest BCUT2D eigenvalue weighted by atomic mass is 35.5. The molecule has 17 heavy (non-hydrogen) atoms. The van der Waals surface area contributed by atoms with Crippen LogP contribution in [0.3, 0.4) is 0 Å². The molecule has 0 bridgehead atoms. The Morgan fingerprint density at radius 1 is 1.47 bits per heavy atom. The fraction of sp³-hybridized carbons (Fsp3) is 0.214. The molecule has 0 spiro atoms. The molecule has 1 unspecified atom stereocenters. The van der Waals surface area contributed by atoms with Gasteiger partial charge in [-0.1, -0.05) is 35.9 Å². The molecule has 0 heterocycles. The molecule has 3 heteroatoms. The van der Waals surface area contributed by atoms with Crippen LogP contribution in [0.5, 0.6) is 0 Å². The monoisotopic (exact) mass is 247 g/mol. The largest absolute Gasteiger partial charge is 0.478 e. The number of aliphatic carboxylic acids is 1. The van der Waals surface area contributed by atoms with Gasteiger partial charge in [-0.3, -0.25) is 0 Å². The predicted molar refractivity (Wildman–Crippen MR) is 67.0 cm³/mol. The van der Waals surface area contributed by atoms with E-state index in [-0.39, 0.29) is 5.92 Å². The van der Waals surface area contributed by atoms with Crippen LogP contribution in [0.2, 0.25) is 5.02 Å². The lowest BCUT2D eigenvalue weighted by Gasteiger charge is -2.22. The first-order valence-corrected chi connectivity index (χ1v) is 5.74. The van der Waals surface area contributed by atoms with Crippen LogP contribution in [-0.4, -0.2) is 11.1 Å². The molecular formula is C14H12ClO2. The van der Waals surface area contributed by atoms with Gasteiger partial charge in [0, 0.05) is 16.5 Å². The zero-order valence-electron chi connectivity index (χ0n) is 9.40. The highest BCUT2D eigenvalue weighted by Crippen LogP contribution is 2.37. The molecule has 1 radical (unpaired) electrons. The quantitative estimate of drug-likeness (QED) is 0.867. The third kappa shape index (κ3) is 2.27. The number of hydrogen-bond donors (Lipinski definition) is 1. The Morgan fingerprint density at radius 2 is 2.18 bits per heavy atom. The molecular weight excluding hydrogens is 236 g/mol. The Bertz CT molecular complexity index is 515.